The minimum Gasteiger partial charge on any atom is -0.368 e. The van der Waals surface area contributed by atoms with Gasteiger partial charge in [-0.1, -0.05) is 24.3 Å². The average molecular weight is 340 g/mol. The molecule has 1 aromatic carbocycles. The van der Waals surface area contributed by atoms with Crippen molar-refractivity contribution in [1.82, 2.24) is 14.3 Å². The van der Waals surface area contributed by atoms with Crippen molar-refractivity contribution in [3.05, 3.63) is 69.1 Å². The smallest absolute Gasteiger partial charge is 0.258 e. The highest BCUT2D eigenvalue weighted by Crippen LogP contribution is 2.24. The molecule has 1 amide bonds. The molecule has 24 heavy (non-hydrogen) atoms. The molecule has 0 fully saturated rings. The first kappa shape index (κ1) is 15.0. The number of thiazole rings is 1. The summed E-state index contributed by atoms with van der Waals surface area (Å²) in [7, 11) is 0. The molecule has 0 radical (unpaired) electrons. The van der Waals surface area contributed by atoms with E-state index in [0.717, 1.165) is 5.56 Å². The molecular weight excluding hydrogens is 324 g/mol. The molecule has 0 spiro atoms. The van der Waals surface area contributed by atoms with Crippen LogP contribution in [-0.2, 0) is 24.3 Å². The van der Waals surface area contributed by atoms with Crippen molar-refractivity contribution < 1.29 is 4.79 Å². The Balaban J connectivity index is 1.68. The molecule has 0 aliphatic carbocycles. The zero-order valence-corrected chi connectivity index (χ0v) is 13.7. The molecule has 122 valence electrons. The summed E-state index contributed by atoms with van der Waals surface area (Å²) >= 11 is 1.42. The number of amides is 1. The van der Waals surface area contributed by atoms with E-state index >= 15 is 0 Å². The molecule has 4 rings (SSSR count). The molecule has 2 N–H and O–H groups in total. The van der Waals surface area contributed by atoms with Crippen molar-refractivity contribution in [2.75, 3.05) is 0 Å². The normalized spacial score (nSPS) is 17.8. The van der Waals surface area contributed by atoms with Crippen LogP contribution in [0.4, 0.5) is 0 Å². The fourth-order valence-electron chi connectivity index (χ4n) is 3.20. The average Bonchev–Trinajstić information content (AvgIpc) is 3.03. The maximum Gasteiger partial charge on any atom is 0.258 e. The maximum atomic E-state index is 12.1. The van der Waals surface area contributed by atoms with E-state index in [1.807, 2.05) is 28.5 Å². The Labute approximate surface area is 142 Å². The molecule has 0 saturated carbocycles. The molecule has 3 heterocycles. The zero-order chi connectivity index (χ0) is 16.7. The number of fused-ring (bicyclic) bond motifs is 2. The molecular formula is C17H16N4O2S. The van der Waals surface area contributed by atoms with E-state index in [1.165, 1.54) is 27.4 Å². The molecule has 6 nitrogen and oxygen atoms in total. The number of carbonyl (C=O) groups is 1. The van der Waals surface area contributed by atoms with E-state index < -0.39 is 0 Å². The first-order valence-electron chi connectivity index (χ1n) is 7.68. The third kappa shape index (κ3) is 2.61. The molecule has 1 aliphatic rings. The van der Waals surface area contributed by atoms with Gasteiger partial charge in [-0.25, -0.2) is 4.98 Å². The Bertz CT molecular complexity index is 978. The van der Waals surface area contributed by atoms with Crippen LogP contribution in [0.25, 0.3) is 4.96 Å². The molecule has 0 bridgehead atoms. The van der Waals surface area contributed by atoms with Crippen LogP contribution >= 0.6 is 11.3 Å². The molecule has 1 aliphatic heterocycles. The number of nitrogens with two attached hydrogens (primary N) is 1. The molecule has 7 heteroatoms. The van der Waals surface area contributed by atoms with E-state index in [-0.39, 0.29) is 17.5 Å². The van der Waals surface area contributed by atoms with Crippen molar-refractivity contribution in [3.8, 4) is 0 Å². The van der Waals surface area contributed by atoms with Gasteiger partial charge in [0, 0.05) is 30.7 Å². The van der Waals surface area contributed by atoms with Crippen molar-refractivity contribution in [2.24, 2.45) is 5.73 Å². The largest absolute Gasteiger partial charge is 0.368 e. The first-order valence-corrected chi connectivity index (χ1v) is 8.56. The van der Waals surface area contributed by atoms with Gasteiger partial charge in [-0.05, 0) is 17.5 Å². The number of primary amides is 1. The predicted molar refractivity (Wildman–Crippen MR) is 91.7 cm³/mol. The lowest BCUT2D eigenvalue weighted by Crippen LogP contribution is -2.48. The van der Waals surface area contributed by atoms with Gasteiger partial charge in [0.05, 0.1) is 11.7 Å². The molecule has 3 aromatic rings. The molecule has 0 saturated heterocycles. The minimum atomic E-state index is -0.386. The second kappa shape index (κ2) is 5.85. The molecule has 1 atom stereocenters. The second-order valence-electron chi connectivity index (χ2n) is 5.94. The Hall–Kier alpha value is -2.51. The van der Waals surface area contributed by atoms with Crippen LogP contribution in [-0.4, -0.2) is 26.2 Å². The van der Waals surface area contributed by atoms with Gasteiger partial charge in [-0.2, -0.15) is 0 Å². The maximum absolute atomic E-state index is 12.1. The Morgan fingerprint density at radius 1 is 1.33 bits per heavy atom. The molecule has 2 aromatic heterocycles. The van der Waals surface area contributed by atoms with Gasteiger partial charge < -0.3 is 5.73 Å². The lowest BCUT2D eigenvalue weighted by atomic mass is 9.93. The van der Waals surface area contributed by atoms with E-state index in [0.29, 0.717) is 30.2 Å². The van der Waals surface area contributed by atoms with Crippen molar-refractivity contribution in [3.63, 3.8) is 0 Å². The van der Waals surface area contributed by atoms with Gasteiger partial charge in [-0.3, -0.25) is 18.9 Å². The monoisotopic (exact) mass is 340 g/mol. The van der Waals surface area contributed by atoms with Crippen LogP contribution in [0, 0.1) is 0 Å². The van der Waals surface area contributed by atoms with Crippen LogP contribution in [0.3, 0.4) is 0 Å². The van der Waals surface area contributed by atoms with Crippen LogP contribution in [0.5, 0.6) is 0 Å². The highest BCUT2D eigenvalue weighted by Gasteiger charge is 2.30. The number of carbonyl (C=O) groups excluding carboxylic acids is 1. The van der Waals surface area contributed by atoms with E-state index in [9.17, 15) is 9.59 Å². The van der Waals surface area contributed by atoms with E-state index in [2.05, 4.69) is 11.1 Å². The topological polar surface area (TPSA) is 80.7 Å². The van der Waals surface area contributed by atoms with Crippen LogP contribution in [0.15, 0.2) is 46.7 Å². The number of aromatic nitrogens is 2. The van der Waals surface area contributed by atoms with Crippen LogP contribution < -0.4 is 11.3 Å². The Morgan fingerprint density at radius 2 is 2.12 bits per heavy atom. The van der Waals surface area contributed by atoms with Crippen LogP contribution in [0.1, 0.15) is 16.8 Å². The Kier molecular flexibility index (Phi) is 3.66. The lowest BCUT2D eigenvalue weighted by molar-refractivity contribution is -0.124. The SMILES string of the molecule is NC(=O)C1Cc2ccccc2CN1Cc1cc(=O)n2ccsc2n1. The summed E-state index contributed by atoms with van der Waals surface area (Å²) in [6.07, 6.45) is 2.30. The summed E-state index contributed by atoms with van der Waals surface area (Å²) in [5.41, 5.74) is 8.50. The quantitative estimate of drug-likeness (QED) is 0.776. The van der Waals surface area contributed by atoms with Crippen molar-refractivity contribution in [1.29, 1.82) is 0 Å². The van der Waals surface area contributed by atoms with Crippen molar-refractivity contribution >= 4 is 22.2 Å². The van der Waals surface area contributed by atoms with E-state index in [4.69, 9.17) is 5.73 Å². The summed E-state index contributed by atoms with van der Waals surface area (Å²) < 4.78 is 1.52. The van der Waals surface area contributed by atoms with Gasteiger partial charge >= 0.3 is 0 Å². The van der Waals surface area contributed by atoms with E-state index in [1.54, 1.807) is 6.20 Å². The third-order valence-electron chi connectivity index (χ3n) is 4.40. The van der Waals surface area contributed by atoms with Gasteiger partial charge in [0.2, 0.25) is 5.91 Å². The van der Waals surface area contributed by atoms with Gasteiger partial charge in [0.15, 0.2) is 4.96 Å². The second-order valence-corrected chi connectivity index (χ2v) is 6.81. The van der Waals surface area contributed by atoms with Crippen LogP contribution in [0.2, 0.25) is 0 Å². The van der Waals surface area contributed by atoms with Gasteiger partial charge in [-0.15, -0.1) is 11.3 Å². The lowest BCUT2D eigenvalue weighted by Gasteiger charge is -2.34. The fraction of sp³-hybridized carbons (Fsp3) is 0.235. The Morgan fingerprint density at radius 3 is 2.92 bits per heavy atom. The number of nitrogens with zero attached hydrogens (tertiary/aromatic N) is 3. The number of hydrogen-bond acceptors (Lipinski definition) is 5. The number of rotatable bonds is 3. The summed E-state index contributed by atoms with van der Waals surface area (Å²) in [5.74, 6) is -0.349. The van der Waals surface area contributed by atoms with Gasteiger partial charge in [0.25, 0.3) is 5.56 Å². The standard InChI is InChI=1S/C17H16N4O2S/c18-16(23)14-7-11-3-1-2-4-12(11)9-20(14)10-13-8-15(22)21-5-6-24-17(21)19-13/h1-6,8,14H,7,9-10H2,(H2,18,23). The van der Waals surface area contributed by atoms with Gasteiger partial charge in [0.1, 0.15) is 0 Å². The summed E-state index contributed by atoms with van der Waals surface area (Å²) in [6.45, 7) is 1.04. The summed E-state index contributed by atoms with van der Waals surface area (Å²) in [5, 5.41) is 1.83. The highest BCUT2D eigenvalue weighted by atomic mass is 32.1. The third-order valence-corrected chi connectivity index (χ3v) is 5.15. The zero-order valence-electron chi connectivity index (χ0n) is 12.9. The predicted octanol–water partition coefficient (Wildman–Crippen LogP) is 1.17. The molecule has 1 unspecified atom stereocenters. The number of benzene rings is 1. The number of hydrogen-bond donors (Lipinski definition) is 1. The van der Waals surface area contributed by atoms with Crippen molar-refractivity contribution in [2.45, 2.75) is 25.6 Å². The fourth-order valence-corrected chi connectivity index (χ4v) is 3.94. The summed E-state index contributed by atoms with van der Waals surface area (Å²) in [6, 6.07) is 9.19. The summed E-state index contributed by atoms with van der Waals surface area (Å²) in [4.78, 5) is 31.2. The first-order chi connectivity index (χ1) is 11.6. The highest BCUT2D eigenvalue weighted by molar-refractivity contribution is 7.15. The minimum absolute atomic E-state index is 0.107.